The molecule has 1 aromatic heterocycles. The Bertz CT molecular complexity index is 781. The Morgan fingerprint density at radius 3 is 2.32 bits per heavy atom. The molecular weight excluding hydrogens is 366 g/mol. The van der Waals surface area contributed by atoms with Gasteiger partial charge in [-0.2, -0.15) is 0 Å². The minimum Gasteiger partial charge on any atom is -0.480 e. The van der Waals surface area contributed by atoms with Crippen LogP contribution in [0.2, 0.25) is 0 Å². The fourth-order valence-electron chi connectivity index (χ4n) is 2.52. The predicted octanol–water partition coefficient (Wildman–Crippen LogP) is -1.43. The van der Waals surface area contributed by atoms with Gasteiger partial charge in [0.25, 0.3) is 0 Å². The number of hydrogen-bond acceptors (Lipinski definition) is 6. The number of nitrogens with zero attached hydrogens (tertiary/aromatic N) is 1. The lowest BCUT2D eigenvalue weighted by Crippen LogP contribution is -2.56. The highest BCUT2D eigenvalue weighted by atomic mass is 16.4. The summed E-state index contributed by atoms with van der Waals surface area (Å²) in [5.41, 5.74) is 7.23. The molecule has 1 aromatic carbocycles. The van der Waals surface area contributed by atoms with Crippen molar-refractivity contribution >= 4 is 17.8 Å². The van der Waals surface area contributed by atoms with Gasteiger partial charge in [0, 0.05) is 18.3 Å². The predicted molar refractivity (Wildman–Crippen MR) is 99.0 cm³/mol. The molecule has 28 heavy (non-hydrogen) atoms. The van der Waals surface area contributed by atoms with E-state index in [1.807, 2.05) is 30.3 Å². The number of nitrogens with two attached hydrogens (primary N) is 1. The number of carboxylic acid groups (broad SMARTS) is 1. The minimum atomic E-state index is -1.32. The van der Waals surface area contributed by atoms with Crippen LogP contribution in [0.1, 0.15) is 11.3 Å². The van der Waals surface area contributed by atoms with Crippen LogP contribution in [0.5, 0.6) is 0 Å². The molecule has 7 N–H and O–H groups in total. The van der Waals surface area contributed by atoms with Gasteiger partial charge in [0.05, 0.1) is 19.0 Å². The molecular formula is C18H23N5O5. The largest absolute Gasteiger partial charge is 0.480 e. The fraction of sp³-hybridized carbons (Fsp3) is 0.333. The number of H-pyrrole nitrogens is 1. The lowest BCUT2D eigenvalue weighted by Gasteiger charge is -2.21. The molecule has 0 bridgehead atoms. The molecule has 0 radical (unpaired) electrons. The molecule has 10 heteroatoms. The molecule has 150 valence electrons. The number of amides is 2. The number of aliphatic hydroxyl groups excluding tert-OH is 1. The zero-order chi connectivity index (χ0) is 20.5. The van der Waals surface area contributed by atoms with Crippen LogP contribution in [-0.4, -0.2) is 62.7 Å². The number of aromatic nitrogens is 2. The van der Waals surface area contributed by atoms with Crippen LogP contribution in [0.4, 0.5) is 0 Å². The number of carboxylic acids is 1. The van der Waals surface area contributed by atoms with Gasteiger partial charge in [0.1, 0.15) is 12.1 Å². The van der Waals surface area contributed by atoms with Gasteiger partial charge in [-0.1, -0.05) is 30.3 Å². The Morgan fingerprint density at radius 2 is 1.75 bits per heavy atom. The average molecular weight is 389 g/mol. The Hall–Kier alpha value is -3.24. The first-order valence-corrected chi connectivity index (χ1v) is 8.62. The highest BCUT2D eigenvalue weighted by molar-refractivity contribution is 5.92. The molecule has 2 amide bonds. The lowest BCUT2D eigenvalue weighted by atomic mass is 10.1. The highest BCUT2D eigenvalue weighted by Gasteiger charge is 2.28. The van der Waals surface area contributed by atoms with Crippen molar-refractivity contribution in [3.8, 4) is 0 Å². The maximum atomic E-state index is 12.3. The third-order valence-electron chi connectivity index (χ3n) is 4.04. The van der Waals surface area contributed by atoms with Gasteiger partial charge >= 0.3 is 5.97 Å². The Balaban J connectivity index is 1.93. The first-order valence-electron chi connectivity index (χ1n) is 8.62. The maximum absolute atomic E-state index is 12.3. The summed E-state index contributed by atoms with van der Waals surface area (Å²) in [6.07, 6.45) is 3.06. The van der Waals surface area contributed by atoms with Gasteiger partial charge in [-0.05, 0) is 12.0 Å². The van der Waals surface area contributed by atoms with Crippen LogP contribution in [0, 0.1) is 0 Å². The van der Waals surface area contributed by atoms with E-state index in [9.17, 15) is 24.6 Å². The molecule has 0 aliphatic heterocycles. The summed E-state index contributed by atoms with van der Waals surface area (Å²) in [5.74, 6) is -2.71. The van der Waals surface area contributed by atoms with Gasteiger partial charge in [-0.25, -0.2) is 9.78 Å². The van der Waals surface area contributed by atoms with E-state index in [1.54, 1.807) is 0 Å². The Morgan fingerprint density at radius 1 is 1.07 bits per heavy atom. The number of carbonyl (C=O) groups excluding carboxylic acids is 2. The standard InChI is InChI=1S/C18H23N5O5/c19-13(6-11-4-2-1-3-5-11)16(25)23-15(9-24)17(26)22-14(18(27)28)7-12-8-20-10-21-12/h1-5,8,10,13-15,24H,6-7,9,19H2,(H,20,21)(H,22,26)(H,23,25)(H,27,28)/t13-,14-,15-/m0/s1. The second-order valence-corrected chi connectivity index (χ2v) is 6.22. The molecule has 0 saturated carbocycles. The molecule has 0 aliphatic carbocycles. The highest BCUT2D eigenvalue weighted by Crippen LogP contribution is 2.03. The summed E-state index contributed by atoms with van der Waals surface area (Å²) >= 11 is 0. The quantitative estimate of drug-likeness (QED) is 0.289. The van der Waals surface area contributed by atoms with Crippen molar-refractivity contribution < 1.29 is 24.6 Å². The minimum absolute atomic E-state index is 0.0271. The molecule has 2 rings (SSSR count). The zero-order valence-corrected chi connectivity index (χ0v) is 15.0. The molecule has 10 nitrogen and oxygen atoms in total. The third-order valence-corrected chi connectivity index (χ3v) is 4.04. The molecule has 3 atom stereocenters. The Labute approximate surface area is 161 Å². The van der Waals surface area contributed by atoms with Crippen molar-refractivity contribution in [3.05, 3.63) is 54.1 Å². The normalized spacial score (nSPS) is 13.9. The zero-order valence-electron chi connectivity index (χ0n) is 15.0. The van der Waals surface area contributed by atoms with Crippen molar-refractivity contribution in [2.24, 2.45) is 5.73 Å². The van der Waals surface area contributed by atoms with Crippen LogP contribution < -0.4 is 16.4 Å². The first-order chi connectivity index (χ1) is 13.4. The van der Waals surface area contributed by atoms with E-state index >= 15 is 0 Å². The molecule has 0 unspecified atom stereocenters. The molecule has 0 fully saturated rings. The number of aliphatic carboxylic acids is 1. The number of aromatic amines is 1. The van der Waals surface area contributed by atoms with Crippen LogP contribution in [0.25, 0.3) is 0 Å². The number of aliphatic hydroxyl groups is 1. The molecule has 2 aromatic rings. The number of nitrogens with one attached hydrogen (secondary N) is 3. The van der Waals surface area contributed by atoms with Gasteiger partial charge in [-0.15, -0.1) is 0 Å². The van der Waals surface area contributed by atoms with E-state index in [0.29, 0.717) is 5.69 Å². The van der Waals surface area contributed by atoms with E-state index in [0.717, 1.165) is 5.56 Å². The molecule has 0 saturated heterocycles. The van der Waals surface area contributed by atoms with Crippen molar-refractivity contribution in [2.45, 2.75) is 31.0 Å². The van der Waals surface area contributed by atoms with Gasteiger partial charge in [0.15, 0.2) is 0 Å². The molecule has 1 heterocycles. The van der Waals surface area contributed by atoms with E-state index in [-0.39, 0.29) is 12.8 Å². The summed E-state index contributed by atoms with van der Waals surface area (Å²) in [4.78, 5) is 42.5. The second-order valence-electron chi connectivity index (χ2n) is 6.22. The third kappa shape index (κ3) is 6.18. The maximum Gasteiger partial charge on any atom is 0.326 e. The monoisotopic (exact) mass is 389 g/mol. The van der Waals surface area contributed by atoms with E-state index in [1.165, 1.54) is 12.5 Å². The van der Waals surface area contributed by atoms with Crippen LogP contribution in [0.15, 0.2) is 42.9 Å². The smallest absolute Gasteiger partial charge is 0.326 e. The van der Waals surface area contributed by atoms with Crippen molar-refractivity contribution in [2.75, 3.05) is 6.61 Å². The van der Waals surface area contributed by atoms with Crippen molar-refractivity contribution in [1.82, 2.24) is 20.6 Å². The summed E-state index contributed by atoms with van der Waals surface area (Å²) in [6, 6.07) is 5.60. The summed E-state index contributed by atoms with van der Waals surface area (Å²) in [5, 5.41) is 23.4. The topological polar surface area (TPSA) is 170 Å². The van der Waals surface area contributed by atoms with Gasteiger partial charge in [-0.3, -0.25) is 9.59 Å². The van der Waals surface area contributed by atoms with Crippen molar-refractivity contribution in [1.29, 1.82) is 0 Å². The number of hydrogen-bond donors (Lipinski definition) is 6. The summed E-state index contributed by atoms with van der Waals surface area (Å²) in [6.45, 7) is -0.702. The number of imidazole rings is 1. The molecule has 0 spiro atoms. The summed E-state index contributed by atoms with van der Waals surface area (Å²) < 4.78 is 0. The van der Waals surface area contributed by atoms with Crippen molar-refractivity contribution in [3.63, 3.8) is 0 Å². The number of benzene rings is 1. The van der Waals surface area contributed by atoms with Gasteiger partial charge in [0.2, 0.25) is 11.8 Å². The number of rotatable bonds is 10. The van der Waals surface area contributed by atoms with Crippen LogP contribution in [-0.2, 0) is 27.2 Å². The lowest BCUT2D eigenvalue weighted by molar-refractivity contribution is -0.142. The average Bonchev–Trinajstić information content (AvgIpc) is 3.19. The Kier molecular flexibility index (Phi) is 7.66. The fourth-order valence-corrected chi connectivity index (χ4v) is 2.52. The second kappa shape index (κ2) is 10.2. The summed E-state index contributed by atoms with van der Waals surface area (Å²) in [7, 11) is 0. The number of carbonyl (C=O) groups is 3. The first kappa shape index (κ1) is 21.1. The van der Waals surface area contributed by atoms with E-state index in [4.69, 9.17) is 5.73 Å². The van der Waals surface area contributed by atoms with Gasteiger partial charge < -0.3 is 31.6 Å². The van der Waals surface area contributed by atoms with Crippen LogP contribution >= 0.6 is 0 Å². The van der Waals surface area contributed by atoms with Crippen LogP contribution in [0.3, 0.4) is 0 Å². The SMILES string of the molecule is N[C@@H](Cc1ccccc1)C(=O)N[C@@H](CO)C(=O)N[C@@H](Cc1cnc[nH]1)C(=O)O. The van der Waals surface area contributed by atoms with E-state index < -0.39 is 42.5 Å². The molecule has 0 aliphatic rings. The van der Waals surface area contributed by atoms with E-state index in [2.05, 4.69) is 20.6 Å².